The molecule has 0 bridgehead atoms. The fourth-order valence-corrected chi connectivity index (χ4v) is 2.26. The molecule has 1 aromatic carbocycles. The van der Waals surface area contributed by atoms with E-state index < -0.39 is 0 Å². The topological polar surface area (TPSA) is 37.3 Å². The first-order valence-corrected chi connectivity index (χ1v) is 6.04. The highest BCUT2D eigenvalue weighted by Crippen LogP contribution is 2.30. The zero-order chi connectivity index (χ0) is 11.7. The number of aliphatic hydroxyl groups is 1. The van der Waals surface area contributed by atoms with Gasteiger partial charge in [0.05, 0.1) is 0 Å². The molecule has 0 radical (unpaired) electrons. The molecular weight excluding hydrogens is 268 g/mol. The highest BCUT2D eigenvalue weighted by Gasteiger charge is 2.29. The number of aliphatic hydroxyl groups excluding tert-OH is 1. The van der Waals surface area contributed by atoms with E-state index in [9.17, 15) is 9.90 Å². The van der Waals surface area contributed by atoms with Gasteiger partial charge in [-0.3, -0.25) is 4.79 Å². The number of halogens is 1. The van der Waals surface area contributed by atoms with E-state index in [-0.39, 0.29) is 17.5 Å². The Hall–Kier alpha value is -1.09. The molecule has 0 spiro atoms. The van der Waals surface area contributed by atoms with Crippen molar-refractivity contribution in [2.45, 2.75) is 19.8 Å². The standard InChI is InChI=1S/C13H13BrO2/c1-8-12(15)7-10(13(8)16)6-9-2-4-11(14)5-3-9/h2-5,10,16H,6-7H2,1H3/t10-/m0/s1. The van der Waals surface area contributed by atoms with Gasteiger partial charge in [-0.25, -0.2) is 0 Å². The van der Waals surface area contributed by atoms with E-state index >= 15 is 0 Å². The van der Waals surface area contributed by atoms with E-state index in [1.807, 2.05) is 24.3 Å². The highest BCUT2D eigenvalue weighted by molar-refractivity contribution is 9.10. The summed E-state index contributed by atoms with van der Waals surface area (Å²) in [6.45, 7) is 1.69. The average molecular weight is 281 g/mol. The van der Waals surface area contributed by atoms with Gasteiger partial charge in [-0.1, -0.05) is 28.1 Å². The second-order valence-corrected chi connectivity index (χ2v) is 5.08. The number of rotatable bonds is 2. The Morgan fingerprint density at radius 3 is 2.50 bits per heavy atom. The van der Waals surface area contributed by atoms with Crippen molar-refractivity contribution in [1.29, 1.82) is 0 Å². The molecule has 2 rings (SSSR count). The van der Waals surface area contributed by atoms with Crippen LogP contribution in [0.5, 0.6) is 0 Å². The van der Waals surface area contributed by atoms with Crippen molar-refractivity contribution in [3.8, 4) is 0 Å². The van der Waals surface area contributed by atoms with E-state index in [0.717, 1.165) is 16.5 Å². The van der Waals surface area contributed by atoms with Crippen LogP contribution >= 0.6 is 15.9 Å². The molecule has 1 N–H and O–H groups in total. The zero-order valence-corrected chi connectivity index (χ0v) is 10.6. The molecule has 0 heterocycles. The molecule has 0 aromatic heterocycles. The summed E-state index contributed by atoms with van der Waals surface area (Å²) in [5.74, 6) is 0.307. The van der Waals surface area contributed by atoms with Crippen molar-refractivity contribution in [2.24, 2.45) is 5.92 Å². The van der Waals surface area contributed by atoms with E-state index in [1.165, 1.54) is 0 Å². The molecule has 1 aliphatic rings. The van der Waals surface area contributed by atoms with Crippen LogP contribution in [0.2, 0.25) is 0 Å². The van der Waals surface area contributed by atoms with Crippen molar-refractivity contribution in [1.82, 2.24) is 0 Å². The summed E-state index contributed by atoms with van der Waals surface area (Å²) in [6.07, 6.45) is 1.16. The van der Waals surface area contributed by atoms with Crippen LogP contribution in [-0.4, -0.2) is 10.9 Å². The Kier molecular flexibility index (Phi) is 3.15. The highest BCUT2D eigenvalue weighted by atomic mass is 79.9. The quantitative estimate of drug-likeness (QED) is 0.902. The van der Waals surface area contributed by atoms with Gasteiger partial charge in [-0.05, 0) is 31.0 Å². The van der Waals surface area contributed by atoms with Gasteiger partial charge in [0.2, 0.25) is 0 Å². The molecule has 0 saturated carbocycles. The average Bonchev–Trinajstić information content (AvgIpc) is 2.50. The van der Waals surface area contributed by atoms with E-state index in [1.54, 1.807) is 6.92 Å². The summed E-state index contributed by atoms with van der Waals surface area (Å²) in [6, 6.07) is 7.96. The predicted molar refractivity (Wildman–Crippen MR) is 66.3 cm³/mol. The molecule has 84 valence electrons. The van der Waals surface area contributed by atoms with Crippen molar-refractivity contribution >= 4 is 21.7 Å². The molecule has 0 saturated heterocycles. The zero-order valence-electron chi connectivity index (χ0n) is 9.03. The van der Waals surface area contributed by atoms with Gasteiger partial charge < -0.3 is 5.11 Å². The molecule has 3 heteroatoms. The Bertz CT molecular complexity index is 446. The molecule has 0 unspecified atom stereocenters. The second-order valence-electron chi connectivity index (χ2n) is 4.17. The number of hydrogen-bond donors (Lipinski definition) is 1. The summed E-state index contributed by atoms with van der Waals surface area (Å²) < 4.78 is 1.04. The number of hydrogen-bond acceptors (Lipinski definition) is 2. The number of carbonyl (C=O) groups excluding carboxylic acids is 1. The van der Waals surface area contributed by atoms with Gasteiger partial charge in [-0.15, -0.1) is 0 Å². The first-order valence-electron chi connectivity index (χ1n) is 5.25. The molecule has 1 aliphatic carbocycles. The maximum atomic E-state index is 11.4. The number of benzene rings is 1. The summed E-state index contributed by atoms with van der Waals surface area (Å²) in [5, 5.41) is 9.79. The number of carbonyl (C=O) groups is 1. The van der Waals surface area contributed by atoms with Crippen LogP contribution in [0.4, 0.5) is 0 Å². The summed E-state index contributed by atoms with van der Waals surface area (Å²) >= 11 is 3.38. The molecular formula is C13H13BrO2. The number of Topliss-reactive ketones (excluding diaryl/α,β-unsaturated/α-hetero) is 1. The third-order valence-electron chi connectivity index (χ3n) is 3.02. The Balaban J connectivity index is 2.12. The minimum absolute atomic E-state index is 0.0336. The largest absolute Gasteiger partial charge is 0.512 e. The fourth-order valence-electron chi connectivity index (χ4n) is 2.00. The van der Waals surface area contributed by atoms with Crippen LogP contribution < -0.4 is 0 Å². The third kappa shape index (κ3) is 2.19. The van der Waals surface area contributed by atoms with Crippen molar-refractivity contribution in [3.63, 3.8) is 0 Å². The van der Waals surface area contributed by atoms with Crippen molar-refractivity contribution in [2.75, 3.05) is 0 Å². The van der Waals surface area contributed by atoms with Crippen LogP contribution in [-0.2, 0) is 11.2 Å². The summed E-state index contributed by atoms with van der Waals surface area (Å²) in [4.78, 5) is 11.4. The lowest BCUT2D eigenvalue weighted by molar-refractivity contribution is -0.115. The van der Waals surface area contributed by atoms with Gasteiger partial charge in [0.15, 0.2) is 5.78 Å². The van der Waals surface area contributed by atoms with Gasteiger partial charge >= 0.3 is 0 Å². The van der Waals surface area contributed by atoms with Crippen molar-refractivity contribution in [3.05, 3.63) is 45.6 Å². The molecule has 0 fully saturated rings. The number of allylic oxidation sites excluding steroid dienone is 2. The minimum atomic E-state index is -0.0336. The fraction of sp³-hybridized carbons (Fsp3) is 0.308. The Morgan fingerprint density at radius 2 is 2.00 bits per heavy atom. The van der Waals surface area contributed by atoms with Crippen molar-refractivity contribution < 1.29 is 9.90 Å². The SMILES string of the molecule is CC1=C(O)[C@@H](Cc2ccc(Br)cc2)CC1=O. The van der Waals surface area contributed by atoms with Crippen LogP contribution in [0.25, 0.3) is 0 Å². The van der Waals surface area contributed by atoms with Gasteiger partial charge in [0.25, 0.3) is 0 Å². The van der Waals surface area contributed by atoms with E-state index in [0.29, 0.717) is 12.0 Å². The van der Waals surface area contributed by atoms with Crippen LogP contribution in [0.15, 0.2) is 40.1 Å². The maximum absolute atomic E-state index is 11.4. The van der Waals surface area contributed by atoms with Crippen LogP contribution in [0.3, 0.4) is 0 Å². The predicted octanol–water partition coefficient (Wildman–Crippen LogP) is 3.41. The molecule has 0 amide bonds. The molecule has 1 aromatic rings. The molecule has 1 atom stereocenters. The molecule has 16 heavy (non-hydrogen) atoms. The summed E-state index contributed by atoms with van der Waals surface area (Å²) in [5.41, 5.74) is 1.67. The van der Waals surface area contributed by atoms with Crippen LogP contribution in [0, 0.1) is 5.92 Å². The lowest BCUT2D eigenvalue weighted by Gasteiger charge is -2.09. The monoisotopic (exact) mass is 280 g/mol. The lowest BCUT2D eigenvalue weighted by atomic mass is 9.98. The Labute approximate surface area is 103 Å². The first kappa shape index (κ1) is 11.4. The smallest absolute Gasteiger partial charge is 0.162 e. The van der Waals surface area contributed by atoms with E-state index in [4.69, 9.17) is 0 Å². The van der Waals surface area contributed by atoms with Gasteiger partial charge in [-0.2, -0.15) is 0 Å². The van der Waals surface area contributed by atoms with E-state index in [2.05, 4.69) is 15.9 Å². The molecule has 2 nitrogen and oxygen atoms in total. The lowest BCUT2D eigenvalue weighted by Crippen LogP contribution is -2.04. The van der Waals surface area contributed by atoms with Crippen LogP contribution in [0.1, 0.15) is 18.9 Å². The number of ketones is 1. The molecule has 0 aliphatic heterocycles. The third-order valence-corrected chi connectivity index (χ3v) is 3.54. The second kappa shape index (κ2) is 4.42. The first-order chi connectivity index (χ1) is 7.58. The Morgan fingerprint density at radius 1 is 1.38 bits per heavy atom. The van der Waals surface area contributed by atoms with Gasteiger partial charge in [0, 0.05) is 22.4 Å². The summed E-state index contributed by atoms with van der Waals surface area (Å²) in [7, 11) is 0. The normalized spacial score (nSPS) is 20.6. The van der Waals surface area contributed by atoms with Gasteiger partial charge in [0.1, 0.15) is 5.76 Å². The maximum Gasteiger partial charge on any atom is 0.162 e. The minimum Gasteiger partial charge on any atom is -0.512 e.